The number of pyridine rings is 1. The van der Waals surface area contributed by atoms with Crippen molar-refractivity contribution in [3.8, 4) is 11.5 Å². The number of methoxy groups -OCH3 is 1. The molecule has 1 aromatic heterocycles. The van der Waals surface area contributed by atoms with Crippen LogP contribution in [0.2, 0.25) is 0 Å². The molecule has 0 saturated heterocycles. The molecular formula is C16H15F4N3O2. The van der Waals surface area contributed by atoms with Gasteiger partial charge in [0.1, 0.15) is 5.69 Å². The van der Waals surface area contributed by atoms with Crippen molar-refractivity contribution in [3.63, 3.8) is 0 Å². The van der Waals surface area contributed by atoms with Crippen LogP contribution in [0.5, 0.6) is 11.5 Å². The molecule has 9 heteroatoms. The van der Waals surface area contributed by atoms with Crippen LogP contribution in [0.15, 0.2) is 23.3 Å². The van der Waals surface area contributed by atoms with Gasteiger partial charge in [0.05, 0.1) is 19.9 Å². The average molecular weight is 357 g/mol. The Morgan fingerprint density at radius 1 is 1.12 bits per heavy atom. The number of hydrogen-bond acceptors (Lipinski definition) is 5. The third kappa shape index (κ3) is 4.37. The van der Waals surface area contributed by atoms with E-state index in [-0.39, 0.29) is 0 Å². The molecule has 0 spiro atoms. The number of benzene rings is 1. The summed E-state index contributed by atoms with van der Waals surface area (Å²) in [6.45, 7) is 2.42. The number of aromatic nitrogens is 1. The summed E-state index contributed by atoms with van der Waals surface area (Å²) in [4.78, 5) is 2.45. The first kappa shape index (κ1) is 18.5. The summed E-state index contributed by atoms with van der Waals surface area (Å²) < 4.78 is 63.6. The molecule has 1 aromatic carbocycles. The maximum absolute atomic E-state index is 13.5. The summed E-state index contributed by atoms with van der Waals surface area (Å²) in [5.41, 5.74) is 1.37. The largest absolute Gasteiger partial charge is 0.493 e. The first-order valence-corrected chi connectivity index (χ1v) is 7.27. The van der Waals surface area contributed by atoms with Crippen LogP contribution in [0.25, 0.3) is 0 Å². The highest BCUT2D eigenvalue weighted by atomic mass is 19.2. The topological polar surface area (TPSA) is 55.7 Å². The molecule has 25 heavy (non-hydrogen) atoms. The van der Waals surface area contributed by atoms with E-state index in [9.17, 15) is 17.6 Å². The Hall–Kier alpha value is -2.84. The molecule has 1 N–H and O–H groups in total. The van der Waals surface area contributed by atoms with Crippen LogP contribution >= 0.6 is 0 Å². The fourth-order valence-corrected chi connectivity index (χ4v) is 1.85. The van der Waals surface area contributed by atoms with Gasteiger partial charge in [-0.25, -0.2) is 0 Å². The van der Waals surface area contributed by atoms with Crippen LogP contribution in [0.1, 0.15) is 18.9 Å². The molecule has 1 heterocycles. The van der Waals surface area contributed by atoms with Crippen LogP contribution in [-0.2, 0) is 0 Å². The first-order valence-electron chi connectivity index (χ1n) is 7.27. The van der Waals surface area contributed by atoms with E-state index >= 15 is 0 Å². The maximum atomic E-state index is 13.5. The van der Waals surface area contributed by atoms with Crippen LogP contribution in [0, 0.1) is 23.5 Å². The molecule has 0 radical (unpaired) electrons. The van der Waals surface area contributed by atoms with Crippen molar-refractivity contribution in [3.05, 3.63) is 47.3 Å². The smallest absolute Gasteiger partial charge is 0.254 e. The highest BCUT2D eigenvalue weighted by Gasteiger charge is 2.20. The van der Waals surface area contributed by atoms with Gasteiger partial charge < -0.3 is 9.47 Å². The molecule has 0 bridgehead atoms. The highest BCUT2D eigenvalue weighted by Crippen LogP contribution is 2.28. The summed E-state index contributed by atoms with van der Waals surface area (Å²) in [6, 6.07) is 4.84. The Morgan fingerprint density at radius 3 is 2.40 bits per heavy atom. The standard InChI is InChI=1S/C16H15F4N3O2/c1-3-6-25-11-7-9(4-5-10(11)24-2)8-21-23-14-12(17)15(19)22-16(20)13(14)18/h4-5,7-8H,3,6H2,1-2H3,(H,22,23)/b21-8-. The molecule has 0 aliphatic rings. The number of halogens is 4. The minimum Gasteiger partial charge on any atom is -0.493 e. The summed E-state index contributed by atoms with van der Waals surface area (Å²) >= 11 is 0. The zero-order valence-corrected chi connectivity index (χ0v) is 13.4. The van der Waals surface area contributed by atoms with Gasteiger partial charge in [0.15, 0.2) is 11.5 Å². The molecular weight excluding hydrogens is 342 g/mol. The zero-order chi connectivity index (χ0) is 18.4. The lowest BCUT2D eigenvalue weighted by Crippen LogP contribution is -2.06. The number of hydrazone groups is 1. The van der Waals surface area contributed by atoms with E-state index in [1.165, 1.54) is 13.3 Å². The average Bonchev–Trinajstić information content (AvgIpc) is 2.61. The lowest BCUT2D eigenvalue weighted by molar-refractivity contribution is 0.294. The van der Waals surface area contributed by atoms with E-state index in [1.54, 1.807) is 18.2 Å². The van der Waals surface area contributed by atoms with Gasteiger partial charge in [-0.2, -0.15) is 27.6 Å². The maximum Gasteiger partial charge on any atom is 0.254 e. The van der Waals surface area contributed by atoms with Crippen molar-refractivity contribution in [1.29, 1.82) is 0 Å². The van der Waals surface area contributed by atoms with Gasteiger partial charge in [-0.3, -0.25) is 5.43 Å². The number of nitrogens with zero attached hydrogens (tertiary/aromatic N) is 2. The van der Waals surface area contributed by atoms with Crippen molar-refractivity contribution >= 4 is 11.9 Å². The van der Waals surface area contributed by atoms with E-state index in [2.05, 4.69) is 10.1 Å². The Labute approximate surface area is 141 Å². The number of rotatable bonds is 7. The molecule has 0 amide bonds. The minimum absolute atomic E-state index is 0.465. The van der Waals surface area contributed by atoms with Crippen LogP contribution < -0.4 is 14.9 Å². The Morgan fingerprint density at radius 2 is 1.80 bits per heavy atom. The van der Waals surface area contributed by atoms with Gasteiger partial charge in [-0.1, -0.05) is 6.92 Å². The minimum atomic E-state index is -1.77. The normalized spacial score (nSPS) is 11.0. The fourth-order valence-electron chi connectivity index (χ4n) is 1.85. The van der Waals surface area contributed by atoms with Gasteiger partial charge >= 0.3 is 0 Å². The predicted octanol–water partition coefficient (Wildman–Crippen LogP) is 3.88. The molecule has 2 aromatic rings. The van der Waals surface area contributed by atoms with Gasteiger partial charge in [0.25, 0.3) is 11.9 Å². The molecule has 0 unspecified atom stereocenters. The van der Waals surface area contributed by atoms with E-state index in [0.717, 1.165) is 6.42 Å². The number of hydrogen-bond donors (Lipinski definition) is 1. The molecule has 0 aliphatic heterocycles. The quantitative estimate of drug-likeness (QED) is 0.354. The lowest BCUT2D eigenvalue weighted by Gasteiger charge is -2.10. The third-order valence-electron chi connectivity index (χ3n) is 3.04. The van der Waals surface area contributed by atoms with Crippen molar-refractivity contribution in [2.75, 3.05) is 19.1 Å². The van der Waals surface area contributed by atoms with E-state index in [1.807, 2.05) is 12.3 Å². The summed E-state index contributed by atoms with van der Waals surface area (Å²) in [7, 11) is 1.49. The highest BCUT2D eigenvalue weighted by molar-refractivity contribution is 5.81. The number of anilines is 1. The van der Waals surface area contributed by atoms with Crippen LogP contribution in [-0.4, -0.2) is 24.9 Å². The second kappa shape index (κ2) is 8.32. The summed E-state index contributed by atoms with van der Waals surface area (Å²) in [5.74, 6) is -5.90. The molecule has 0 aliphatic carbocycles. The molecule has 0 atom stereocenters. The first-order chi connectivity index (χ1) is 12.0. The molecule has 5 nitrogen and oxygen atoms in total. The van der Waals surface area contributed by atoms with Crippen molar-refractivity contribution in [2.45, 2.75) is 13.3 Å². The predicted molar refractivity (Wildman–Crippen MR) is 84.1 cm³/mol. The Balaban J connectivity index is 2.20. The molecule has 0 fully saturated rings. The molecule has 0 saturated carbocycles. The Kier molecular flexibility index (Phi) is 6.15. The van der Waals surface area contributed by atoms with E-state index in [4.69, 9.17) is 9.47 Å². The number of nitrogens with one attached hydrogen (secondary N) is 1. The van der Waals surface area contributed by atoms with Gasteiger partial charge in [-0.15, -0.1) is 0 Å². The third-order valence-corrected chi connectivity index (χ3v) is 3.04. The SMILES string of the molecule is CCCOc1cc(/C=N\Nc2c(F)c(F)nc(F)c2F)ccc1OC. The second-order valence-electron chi connectivity index (χ2n) is 4.83. The van der Waals surface area contributed by atoms with Gasteiger partial charge in [0, 0.05) is 0 Å². The fraction of sp³-hybridized carbons (Fsp3) is 0.250. The summed E-state index contributed by atoms with van der Waals surface area (Å²) in [6.07, 6.45) is 1.99. The van der Waals surface area contributed by atoms with Crippen molar-refractivity contribution in [2.24, 2.45) is 5.10 Å². The van der Waals surface area contributed by atoms with Gasteiger partial charge in [0.2, 0.25) is 11.6 Å². The number of ether oxygens (including phenoxy) is 2. The second-order valence-corrected chi connectivity index (χ2v) is 4.83. The molecule has 2 rings (SSSR count). The van der Waals surface area contributed by atoms with E-state index < -0.39 is 29.2 Å². The summed E-state index contributed by atoms with van der Waals surface area (Å²) in [5, 5.41) is 3.58. The zero-order valence-electron chi connectivity index (χ0n) is 13.4. The molecule has 134 valence electrons. The lowest BCUT2D eigenvalue weighted by atomic mass is 10.2. The van der Waals surface area contributed by atoms with Crippen LogP contribution in [0.4, 0.5) is 23.2 Å². The van der Waals surface area contributed by atoms with Gasteiger partial charge in [-0.05, 0) is 30.2 Å². The monoisotopic (exact) mass is 357 g/mol. The van der Waals surface area contributed by atoms with Crippen molar-refractivity contribution < 1.29 is 27.0 Å². The Bertz CT molecular complexity index is 758. The van der Waals surface area contributed by atoms with Crippen LogP contribution in [0.3, 0.4) is 0 Å². The van der Waals surface area contributed by atoms with Crippen molar-refractivity contribution in [1.82, 2.24) is 4.98 Å². The van der Waals surface area contributed by atoms with E-state index in [0.29, 0.717) is 23.7 Å².